The summed E-state index contributed by atoms with van der Waals surface area (Å²) < 4.78 is 6.27. The molecular weight excluding hydrogens is 360 g/mol. The number of benzene rings is 2. The van der Waals surface area contributed by atoms with Gasteiger partial charge in [0.25, 0.3) is 0 Å². The van der Waals surface area contributed by atoms with Crippen LogP contribution in [0.2, 0.25) is 0 Å². The summed E-state index contributed by atoms with van der Waals surface area (Å²) in [5.41, 5.74) is 2.03. The largest absolute Gasteiger partial charge is 0.453 e. The van der Waals surface area contributed by atoms with Crippen molar-refractivity contribution in [2.24, 2.45) is 0 Å². The fraction of sp³-hybridized carbons (Fsp3) is 0.409. The minimum absolute atomic E-state index is 0.110. The van der Waals surface area contributed by atoms with Gasteiger partial charge in [0.1, 0.15) is 0 Å². The third-order valence-electron chi connectivity index (χ3n) is 4.76. The molecule has 1 aliphatic rings. The number of unbranched alkanes of at least 4 members (excludes halogenated alkanes) is 1. The van der Waals surface area contributed by atoms with Crippen LogP contribution in [0.1, 0.15) is 56.3 Å². The minimum Gasteiger partial charge on any atom is -0.453 e. The lowest BCUT2D eigenvalue weighted by Crippen LogP contribution is -2.16. The topological polar surface area (TPSA) is 26.3 Å². The zero-order valence-corrected chi connectivity index (χ0v) is 16.9. The lowest BCUT2D eigenvalue weighted by molar-refractivity contribution is -0.147. The van der Waals surface area contributed by atoms with Gasteiger partial charge in [0, 0.05) is 16.9 Å². The smallest absolute Gasteiger partial charge is 0.306 e. The summed E-state index contributed by atoms with van der Waals surface area (Å²) in [7, 11) is 3.98. The Bertz CT molecular complexity index is 642. The highest BCUT2D eigenvalue weighted by Crippen LogP contribution is 2.49. The summed E-state index contributed by atoms with van der Waals surface area (Å²) >= 11 is 0. The maximum absolute atomic E-state index is 12.4. The molecule has 0 bridgehead atoms. The Morgan fingerprint density at radius 3 is 2.19 bits per heavy atom. The van der Waals surface area contributed by atoms with Crippen molar-refractivity contribution < 1.29 is 9.53 Å². The van der Waals surface area contributed by atoms with E-state index in [-0.39, 0.29) is 12.1 Å². The van der Waals surface area contributed by atoms with E-state index in [1.165, 1.54) is 18.6 Å². The van der Waals surface area contributed by atoms with E-state index in [0.717, 1.165) is 24.0 Å². The molecule has 0 spiro atoms. The first-order valence-corrected chi connectivity index (χ1v) is 11.6. The number of carbonyl (C=O) groups is 1. The van der Waals surface area contributed by atoms with E-state index in [9.17, 15) is 4.79 Å². The molecule has 0 radical (unpaired) electrons. The van der Waals surface area contributed by atoms with Crippen molar-refractivity contribution in [2.75, 3.05) is 5.75 Å². The van der Waals surface area contributed by atoms with Crippen LogP contribution in [-0.2, 0) is 9.53 Å². The van der Waals surface area contributed by atoms with Crippen molar-refractivity contribution in [2.45, 2.75) is 49.9 Å². The first kappa shape index (κ1) is 19.4. The van der Waals surface area contributed by atoms with Crippen molar-refractivity contribution in [1.29, 1.82) is 0 Å². The summed E-state index contributed by atoms with van der Waals surface area (Å²) in [5.74, 6) is 1.14. The molecular formula is C22H26O2S2. The highest BCUT2D eigenvalue weighted by atomic mass is 33.1. The van der Waals surface area contributed by atoms with Gasteiger partial charge in [-0.3, -0.25) is 4.79 Å². The SMILES string of the molecule is C[C@@]1(CCCCC(=O)OC(c2ccccc2)c2ccccc2)CCSS1. The highest BCUT2D eigenvalue weighted by Gasteiger charge is 2.29. The molecule has 1 saturated heterocycles. The molecule has 3 rings (SSSR count). The Kier molecular flexibility index (Phi) is 7.09. The molecule has 2 aromatic carbocycles. The molecule has 1 aliphatic heterocycles. The van der Waals surface area contributed by atoms with Crippen LogP contribution in [0, 0.1) is 0 Å². The number of carbonyl (C=O) groups excluding carboxylic acids is 1. The van der Waals surface area contributed by atoms with E-state index in [2.05, 4.69) is 6.92 Å². The molecule has 1 fully saturated rings. The van der Waals surface area contributed by atoms with E-state index in [4.69, 9.17) is 4.74 Å². The third kappa shape index (κ3) is 5.55. The zero-order valence-electron chi connectivity index (χ0n) is 15.2. The zero-order chi connectivity index (χ0) is 18.2. The highest BCUT2D eigenvalue weighted by molar-refractivity contribution is 8.77. The lowest BCUT2D eigenvalue weighted by atomic mass is 9.99. The molecule has 138 valence electrons. The van der Waals surface area contributed by atoms with Gasteiger partial charge in [-0.1, -0.05) is 88.7 Å². The van der Waals surface area contributed by atoms with Gasteiger partial charge in [-0.05, 0) is 37.3 Å². The molecule has 2 nitrogen and oxygen atoms in total. The van der Waals surface area contributed by atoms with Crippen LogP contribution in [0.3, 0.4) is 0 Å². The molecule has 1 atom stereocenters. The maximum atomic E-state index is 12.4. The van der Waals surface area contributed by atoms with E-state index < -0.39 is 0 Å². The second-order valence-electron chi connectivity index (χ2n) is 7.00. The Morgan fingerprint density at radius 1 is 1.04 bits per heavy atom. The molecule has 1 heterocycles. The fourth-order valence-corrected chi connectivity index (χ4v) is 6.49. The molecule has 0 N–H and O–H groups in total. The fourth-order valence-electron chi connectivity index (χ4n) is 3.19. The average molecular weight is 387 g/mol. The summed E-state index contributed by atoms with van der Waals surface area (Å²) in [4.78, 5) is 12.4. The monoisotopic (exact) mass is 386 g/mol. The Hall–Kier alpha value is -1.39. The van der Waals surface area contributed by atoms with Gasteiger partial charge < -0.3 is 4.74 Å². The van der Waals surface area contributed by atoms with Gasteiger partial charge in [0.15, 0.2) is 6.10 Å². The standard InChI is InChI=1S/C22H26O2S2/c1-22(16-17-25-26-22)15-9-8-14-20(23)24-21(18-10-4-2-5-11-18)19-12-6-3-7-13-19/h2-7,10-13,21H,8-9,14-17H2,1H3/t22-/m1/s1. The first-order chi connectivity index (χ1) is 12.7. The van der Waals surface area contributed by atoms with Crippen molar-refractivity contribution >= 4 is 27.6 Å². The number of esters is 1. The molecule has 26 heavy (non-hydrogen) atoms. The second kappa shape index (κ2) is 9.52. The van der Waals surface area contributed by atoms with Crippen molar-refractivity contribution in [1.82, 2.24) is 0 Å². The summed E-state index contributed by atoms with van der Waals surface area (Å²) in [6.07, 6.45) is 4.60. The van der Waals surface area contributed by atoms with E-state index in [1.54, 1.807) is 0 Å². The van der Waals surface area contributed by atoms with Crippen LogP contribution >= 0.6 is 21.6 Å². The van der Waals surface area contributed by atoms with Gasteiger partial charge in [-0.15, -0.1) is 0 Å². The van der Waals surface area contributed by atoms with Gasteiger partial charge >= 0.3 is 5.97 Å². The Balaban J connectivity index is 1.54. The maximum Gasteiger partial charge on any atom is 0.306 e. The third-order valence-corrected chi connectivity index (χ3v) is 8.12. The van der Waals surface area contributed by atoms with Crippen molar-refractivity contribution in [3.63, 3.8) is 0 Å². The van der Waals surface area contributed by atoms with Crippen molar-refractivity contribution in [3.05, 3.63) is 71.8 Å². The van der Waals surface area contributed by atoms with E-state index >= 15 is 0 Å². The van der Waals surface area contributed by atoms with Crippen LogP contribution in [0.5, 0.6) is 0 Å². The van der Waals surface area contributed by atoms with Crippen LogP contribution in [0.4, 0.5) is 0 Å². The number of hydrogen-bond donors (Lipinski definition) is 0. The van der Waals surface area contributed by atoms with Crippen LogP contribution in [-0.4, -0.2) is 16.5 Å². The summed E-state index contributed by atoms with van der Waals surface area (Å²) in [6.45, 7) is 2.34. The molecule has 0 aliphatic carbocycles. The predicted molar refractivity (Wildman–Crippen MR) is 112 cm³/mol. The van der Waals surface area contributed by atoms with E-state index in [1.807, 2.05) is 82.3 Å². The molecule has 4 heteroatoms. The van der Waals surface area contributed by atoms with Gasteiger partial charge in [-0.25, -0.2) is 0 Å². The normalized spacial score (nSPS) is 19.6. The molecule has 2 aromatic rings. The number of hydrogen-bond acceptors (Lipinski definition) is 4. The average Bonchev–Trinajstić information content (AvgIpc) is 3.11. The number of ether oxygens (including phenoxy) is 1. The van der Waals surface area contributed by atoms with Crippen LogP contribution in [0.15, 0.2) is 60.7 Å². The Labute approximate surface area is 164 Å². The van der Waals surface area contributed by atoms with Gasteiger partial charge in [0.2, 0.25) is 0 Å². The predicted octanol–water partition coefficient (Wildman–Crippen LogP) is 6.42. The van der Waals surface area contributed by atoms with Crippen LogP contribution < -0.4 is 0 Å². The van der Waals surface area contributed by atoms with Gasteiger partial charge in [-0.2, -0.15) is 0 Å². The van der Waals surface area contributed by atoms with Crippen molar-refractivity contribution in [3.8, 4) is 0 Å². The van der Waals surface area contributed by atoms with E-state index in [0.29, 0.717) is 11.2 Å². The van der Waals surface area contributed by atoms with Crippen LogP contribution in [0.25, 0.3) is 0 Å². The van der Waals surface area contributed by atoms with Gasteiger partial charge in [0.05, 0.1) is 0 Å². The molecule has 0 amide bonds. The lowest BCUT2D eigenvalue weighted by Gasteiger charge is -2.21. The summed E-state index contributed by atoms with van der Waals surface area (Å²) in [5, 5.41) is 0. The quantitative estimate of drug-likeness (QED) is 0.297. The summed E-state index contributed by atoms with van der Waals surface area (Å²) in [6, 6.07) is 20.0. The Morgan fingerprint density at radius 2 is 1.65 bits per heavy atom. The second-order valence-corrected chi connectivity index (χ2v) is 10.0. The minimum atomic E-state index is -0.329. The first-order valence-electron chi connectivity index (χ1n) is 9.26. The number of rotatable bonds is 8. The molecule has 0 aromatic heterocycles. The molecule has 0 saturated carbocycles. The molecule has 0 unspecified atom stereocenters.